The molecule has 2 aromatic rings. The maximum Gasteiger partial charge on any atom is 0.240 e. The van der Waals surface area contributed by atoms with E-state index in [1.165, 1.54) is 18.3 Å². The van der Waals surface area contributed by atoms with Gasteiger partial charge in [0, 0.05) is 6.20 Å². The third-order valence-electron chi connectivity index (χ3n) is 2.67. The van der Waals surface area contributed by atoms with Crippen molar-refractivity contribution in [3.63, 3.8) is 0 Å². The van der Waals surface area contributed by atoms with Crippen molar-refractivity contribution in [2.24, 2.45) is 0 Å². The molecule has 0 amide bonds. The van der Waals surface area contributed by atoms with Crippen LogP contribution in [0.2, 0.25) is 0 Å². The van der Waals surface area contributed by atoms with Gasteiger partial charge in [0.05, 0.1) is 35.6 Å². The van der Waals surface area contributed by atoms with Crippen molar-refractivity contribution in [2.45, 2.75) is 25.0 Å². The van der Waals surface area contributed by atoms with Gasteiger partial charge in [0.15, 0.2) is 0 Å². The minimum Gasteiger partial charge on any atom is -0.392 e. The molecule has 0 saturated heterocycles. The molecule has 1 aromatic carbocycles. The topological polar surface area (TPSA) is 92.2 Å². The zero-order valence-electron chi connectivity index (χ0n) is 10.9. The molecule has 1 aromatic heterocycles. The van der Waals surface area contributed by atoms with Crippen LogP contribution in [0.15, 0.2) is 41.6 Å². The summed E-state index contributed by atoms with van der Waals surface area (Å²) in [6.45, 7) is 1.67. The van der Waals surface area contributed by atoms with Crippen LogP contribution >= 0.6 is 0 Å². The Morgan fingerprint density at radius 1 is 1.25 bits per heavy atom. The number of nitrogens with zero attached hydrogens (tertiary/aromatic N) is 2. The standard InChI is InChI=1S/C13H15N3O3S/c1-10-6-15-12(7-14-10)8-16-20(18,19)13-4-2-3-11(5-13)9-17/h2-7,16-17H,8-9H2,1H3. The van der Waals surface area contributed by atoms with Crippen LogP contribution in [0.25, 0.3) is 0 Å². The largest absolute Gasteiger partial charge is 0.392 e. The summed E-state index contributed by atoms with van der Waals surface area (Å²) < 4.78 is 26.6. The first kappa shape index (κ1) is 14.6. The summed E-state index contributed by atoms with van der Waals surface area (Å²) >= 11 is 0. The molecule has 0 aliphatic heterocycles. The Morgan fingerprint density at radius 2 is 2.05 bits per heavy atom. The minimum atomic E-state index is -3.63. The van der Waals surface area contributed by atoms with Crippen molar-refractivity contribution in [2.75, 3.05) is 0 Å². The molecule has 1 heterocycles. The van der Waals surface area contributed by atoms with E-state index in [9.17, 15) is 8.42 Å². The van der Waals surface area contributed by atoms with Crippen LogP contribution in [-0.4, -0.2) is 23.5 Å². The molecule has 0 unspecified atom stereocenters. The second-order valence-corrected chi connectivity index (χ2v) is 6.05. The number of sulfonamides is 1. The van der Waals surface area contributed by atoms with E-state index in [0.29, 0.717) is 11.3 Å². The summed E-state index contributed by atoms with van der Waals surface area (Å²) in [7, 11) is -3.63. The average molecular weight is 293 g/mol. The van der Waals surface area contributed by atoms with Crippen LogP contribution in [0.4, 0.5) is 0 Å². The van der Waals surface area contributed by atoms with E-state index in [4.69, 9.17) is 5.11 Å². The van der Waals surface area contributed by atoms with Crippen LogP contribution < -0.4 is 4.72 Å². The van der Waals surface area contributed by atoms with Crippen molar-refractivity contribution in [3.8, 4) is 0 Å². The Bertz CT molecular complexity index is 684. The second-order valence-electron chi connectivity index (χ2n) is 4.28. The number of rotatable bonds is 5. The van der Waals surface area contributed by atoms with Crippen molar-refractivity contribution in [3.05, 3.63) is 53.6 Å². The van der Waals surface area contributed by atoms with Gasteiger partial charge in [-0.25, -0.2) is 13.1 Å². The van der Waals surface area contributed by atoms with Gasteiger partial charge in [-0.15, -0.1) is 0 Å². The SMILES string of the molecule is Cc1cnc(CNS(=O)(=O)c2cccc(CO)c2)cn1. The lowest BCUT2D eigenvalue weighted by Gasteiger charge is -2.07. The van der Waals surface area contributed by atoms with Crippen LogP contribution in [0.1, 0.15) is 17.0 Å². The van der Waals surface area contributed by atoms with Gasteiger partial charge >= 0.3 is 0 Å². The molecule has 0 saturated carbocycles. The Kier molecular flexibility index (Phi) is 4.43. The van der Waals surface area contributed by atoms with Crippen molar-refractivity contribution < 1.29 is 13.5 Å². The highest BCUT2D eigenvalue weighted by molar-refractivity contribution is 7.89. The lowest BCUT2D eigenvalue weighted by atomic mass is 10.2. The number of aliphatic hydroxyl groups is 1. The van der Waals surface area contributed by atoms with Crippen LogP contribution in [0, 0.1) is 6.92 Å². The molecule has 0 aliphatic carbocycles. The molecule has 0 bridgehead atoms. The monoisotopic (exact) mass is 293 g/mol. The Hall–Kier alpha value is -1.83. The molecule has 7 heteroatoms. The summed E-state index contributed by atoms with van der Waals surface area (Å²) in [4.78, 5) is 8.24. The van der Waals surface area contributed by atoms with E-state index in [-0.39, 0.29) is 18.0 Å². The average Bonchev–Trinajstić information content (AvgIpc) is 2.47. The molecule has 0 fully saturated rings. The van der Waals surface area contributed by atoms with Crippen LogP contribution in [0.5, 0.6) is 0 Å². The van der Waals surface area contributed by atoms with Gasteiger partial charge < -0.3 is 5.11 Å². The summed E-state index contributed by atoms with van der Waals surface area (Å²) in [5.41, 5.74) is 1.85. The fourth-order valence-corrected chi connectivity index (χ4v) is 2.64. The molecule has 0 radical (unpaired) electrons. The predicted octanol–water partition coefficient (Wildman–Crippen LogP) is 0.756. The molecular formula is C13H15N3O3S. The summed E-state index contributed by atoms with van der Waals surface area (Å²) in [5.74, 6) is 0. The van der Waals surface area contributed by atoms with Gasteiger partial charge in [0.2, 0.25) is 10.0 Å². The number of aryl methyl sites for hydroxylation is 1. The number of aromatic nitrogens is 2. The molecule has 0 spiro atoms. The molecule has 20 heavy (non-hydrogen) atoms. The Balaban J connectivity index is 2.12. The Labute approximate surface area is 117 Å². The zero-order valence-corrected chi connectivity index (χ0v) is 11.8. The quantitative estimate of drug-likeness (QED) is 0.849. The van der Waals surface area contributed by atoms with E-state index in [1.54, 1.807) is 25.3 Å². The van der Waals surface area contributed by atoms with Crippen molar-refractivity contribution in [1.82, 2.24) is 14.7 Å². The highest BCUT2D eigenvalue weighted by atomic mass is 32.2. The number of hydrogen-bond donors (Lipinski definition) is 2. The summed E-state index contributed by atoms with van der Waals surface area (Å²) in [5, 5.41) is 9.03. The van der Waals surface area contributed by atoms with Crippen LogP contribution in [-0.2, 0) is 23.2 Å². The zero-order chi connectivity index (χ0) is 14.6. The highest BCUT2D eigenvalue weighted by Gasteiger charge is 2.14. The van der Waals surface area contributed by atoms with Crippen molar-refractivity contribution >= 4 is 10.0 Å². The molecular weight excluding hydrogens is 278 g/mol. The second kappa shape index (κ2) is 6.08. The maximum atomic E-state index is 12.1. The fraction of sp³-hybridized carbons (Fsp3) is 0.231. The first-order valence-electron chi connectivity index (χ1n) is 5.98. The number of nitrogens with one attached hydrogen (secondary N) is 1. The van der Waals surface area contributed by atoms with E-state index in [2.05, 4.69) is 14.7 Å². The van der Waals surface area contributed by atoms with Crippen molar-refractivity contribution in [1.29, 1.82) is 0 Å². The number of aliphatic hydroxyl groups excluding tert-OH is 1. The smallest absolute Gasteiger partial charge is 0.240 e. The van der Waals surface area contributed by atoms with Gasteiger partial charge in [-0.2, -0.15) is 0 Å². The van der Waals surface area contributed by atoms with E-state index < -0.39 is 10.0 Å². The van der Waals surface area contributed by atoms with Gasteiger partial charge in [-0.3, -0.25) is 9.97 Å². The van der Waals surface area contributed by atoms with Gasteiger partial charge in [0.1, 0.15) is 0 Å². The van der Waals surface area contributed by atoms with Crippen LogP contribution in [0.3, 0.4) is 0 Å². The number of hydrogen-bond acceptors (Lipinski definition) is 5. The first-order chi connectivity index (χ1) is 9.51. The van der Waals surface area contributed by atoms with Gasteiger partial charge in [0.25, 0.3) is 0 Å². The van der Waals surface area contributed by atoms with Gasteiger partial charge in [-0.05, 0) is 24.6 Å². The predicted molar refractivity (Wildman–Crippen MR) is 73.2 cm³/mol. The molecule has 2 rings (SSSR count). The molecule has 2 N–H and O–H groups in total. The normalized spacial score (nSPS) is 11.5. The fourth-order valence-electron chi connectivity index (χ4n) is 1.57. The third kappa shape index (κ3) is 3.60. The lowest BCUT2D eigenvalue weighted by molar-refractivity contribution is 0.281. The molecule has 106 valence electrons. The summed E-state index contributed by atoms with van der Waals surface area (Å²) in [6.07, 6.45) is 3.11. The first-order valence-corrected chi connectivity index (χ1v) is 7.46. The maximum absolute atomic E-state index is 12.1. The van der Waals surface area contributed by atoms with Gasteiger partial charge in [-0.1, -0.05) is 12.1 Å². The van der Waals surface area contributed by atoms with E-state index >= 15 is 0 Å². The number of benzene rings is 1. The molecule has 6 nitrogen and oxygen atoms in total. The highest BCUT2D eigenvalue weighted by Crippen LogP contribution is 2.11. The Morgan fingerprint density at radius 3 is 2.70 bits per heavy atom. The molecule has 0 atom stereocenters. The minimum absolute atomic E-state index is 0.0684. The third-order valence-corrected chi connectivity index (χ3v) is 4.07. The lowest BCUT2D eigenvalue weighted by Crippen LogP contribution is -2.24. The summed E-state index contributed by atoms with van der Waals surface area (Å²) in [6, 6.07) is 6.15. The van der Waals surface area contributed by atoms with E-state index in [0.717, 1.165) is 5.69 Å². The van der Waals surface area contributed by atoms with E-state index in [1.807, 2.05) is 0 Å². The molecule has 0 aliphatic rings.